The minimum absolute atomic E-state index is 0.0646. The largest absolute Gasteiger partial charge is 0.480 e. The second kappa shape index (κ2) is 10.5. The third-order valence-corrected chi connectivity index (χ3v) is 7.15. The Labute approximate surface area is 230 Å². The highest BCUT2D eigenvalue weighted by atomic mass is 16.5. The Hall–Kier alpha value is -5.24. The van der Waals surface area contributed by atoms with Crippen molar-refractivity contribution in [2.24, 2.45) is 4.99 Å². The van der Waals surface area contributed by atoms with Crippen molar-refractivity contribution in [3.63, 3.8) is 0 Å². The van der Waals surface area contributed by atoms with Gasteiger partial charge in [-0.2, -0.15) is 0 Å². The summed E-state index contributed by atoms with van der Waals surface area (Å²) in [5.74, 6) is -2.01. The van der Waals surface area contributed by atoms with Gasteiger partial charge < -0.3 is 9.84 Å². The van der Waals surface area contributed by atoms with E-state index in [2.05, 4.69) is 10.3 Å². The molecule has 6 rings (SSSR count). The first-order valence-electron chi connectivity index (χ1n) is 12.9. The zero-order chi connectivity index (χ0) is 27.6. The lowest BCUT2D eigenvalue weighted by molar-refractivity contribution is -0.136. The van der Waals surface area contributed by atoms with E-state index in [1.807, 2.05) is 78.9 Å². The van der Waals surface area contributed by atoms with Crippen molar-refractivity contribution in [2.45, 2.75) is 12.1 Å². The number of aliphatic carboxylic acids is 1. The number of hydrogen-bond donors (Lipinski definition) is 2. The maximum absolute atomic E-state index is 13.6. The first kappa shape index (κ1) is 25.1. The molecule has 0 saturated heterocycles. The summed E-state index contributed by atoms with van der Waals surface area (Å²) in [5, 5.41) is 12.2. The summed E-state index contributed by atoms with van der Waals surface area (Å²) in [7, 11) is 0. The molecular weight excluding hydrogens is 506 g/mol. The molecule has 0 radical (unpaired) electrons. The van der Waals surface area contributed by atoms with Crippen LogP contribution in [0.3, 0.4) is 0 Å². The normalized spacial score (nSPS) is 15.8. The zero-order valence-corrected chi connectivity index (χ0v) is 21.4. The molecule has 0 fully saturated rings. The Morgan fingerprint density at radius 2 is 1.38 bits per heavy atom. The van der Waals surface area contributed by atoms with Crippen LogP contribution >= 0.6 is 0 Å². The fourth-order valence-corrected chi connectivity index (χ4v) is 5.40. The highest BCUT2D eigenvalue weighted by Gasteiger charge is 2.35. The van der Waals surface area contributed by atoms with Crippen LogP contribution in [-0.2, 0) is 14.3 Å². The molecule has 1 aliphatic heterocycles. The standard InChI is InChI=1S/C32H25N3O5/c36-28(37)18-35-27-17-9-8-16-25(27)29(20-10-2-1-3-11-20)33-30(31(35)38)34-32(39)40-19-26-23-14-6-4-12-21(23)22-13-5-7-15-24(22)26/h1-17,26,30H,18-19H2,(H,34,39)(H,36,37)/t30-/m0/s1. The Morgan fingerprint density at radius 1 is 0.800 bits per heavy atom. The monoisotopic (exact) mass is 531 g/mol. The molecule has 0 aromatic heterocycles. The zero-order valence-electron chi connectivity index (χ0n) is 21.4. The van der Waals surface area contributed by atoms with E-state index in [4.69, 9.17) is 4.74 Å². The molecule has 1 atom stereocenters. The highest BCUT2D eigenvalue weighted by Crippen LogP contribution is 2.44. The Kier molecular flexibility index (Phi) is 6.57. The van der Waals surface area contributed by atoms with Crippen LogP contribution in [0.15, 0.2) is 108 Å². The van der Waals surface area contributed by atoms with E-state index < -0.39 is 30.7 Å². The van der Waals surface area contributed by atoms with Gasteiger partial charge in [0.15, 0.2) is 0 Å². The number of nitrogens with zero attached hydrogens (tertiary/aromatic N) is 2. The van der Waals surface area contributed by atoms with Gasteiger partial charge in [0.1, 0.15) is 13.2 Å². The van der Waals surface area contributed by atoms with Crippen molar-refractivity contribution in [1.82, 2.24) is 5.32 Å². The summed E-state index contributed by atoms with van der Waals surface area (Å²) in [6, 6.07) is 32.2. The molecule has 1 aliphatic carbocycles. The van der Waals surface area contributed by atoms with Gasteiger partial charge in [-0.15, -0.1) is 0 Å². The number of para-hydroxylation sites is 1. The van der Waals surface area contributed by atoms with Crippen LogP contribution in [0.4, 0.5) is 10.5 Å². The van der Waals surface area contributed by atoms with Crippen LogP contribution in [0.1, 0.15) is 28.2 Å². The molecule has 2 amide bonds. The average Bonchev–Trinajstić information content (AvgIpc) is 3.25. The minimum Gasteiger partial charge on any atom is -0.480 e. The smallest absolute Gasteiger partial charge is 0.409 e. The number of amides is 2. The van der Waals surface area contributed by atoms with Gasteiger partial charge in [-0.25, -0.2) is 9.79 Å². The Morgan fingerprint density at radius 3 is 2.02 bits per heavy atom. The maximum atomic E-state index is 13.6. The molecule has 8 nitrogen and oxygen atoms in total. The molecule has 0 bridgehead atoms. The number of fused-ring (bicyclic) bond motifs is 4. The second-order valence-electron chi connectivity index (χ2n) is 9.55. The number of carbonyl (C=O) groups is 3. The first-order chi connectivity index (χ1) is 19.5. The molecular formula is C32H25N3O5. The van der Waals surface area contributed by atoms with Crippen LogP contribution < -0.4 is 10.2 Å². The van der Waals surface area contributed by atoms with Gasteiger partial charge >= 0.3 is 12.1 Å². The van der Waals surface area contributed by atoms with Crippen molar-refractivity contribution in [3.05, 3.63) is 125 Å². The summed E-state index contributed by atoms with van der Waals surface area (Å²) in [6.07, 6.45) is -2.21. The van der Waals surface area contributed by atoms with E-state index >= 15 is 0 Å². The maximum Gasteiger partial charge on any atom is 0.409 e. The van der Waals surface area contributed by atoms with Crippen LogP contribution in [0, 0.1) is 0 Å². The fourth-order valence-electron chi connectivity index (χ4n) is 5.40. The molecule has 198 valence electrons. The van der Waals surface area contributed by atoms with Gasteiger partial charge in [-0.3, -0.25) is 19.8 Å². The minimum atomic E-state index is -1.39. The van der Waals surface area contributed by atoms with Crippen molar-refractivity contribution in [3.8, 4) is 11.1 Å². The summed E-state index contributed by atoms with van der Waals surface area (Å²) in [5.41, 5.74) is 6.50. The van der Waals surface area contributed by atoms with Gasteiger partial charge in [-0.05, 0) is 28.3 Å². The molecule has 1 heterocycles. The number of alkyl carbamates (subject to hydrolysis) is 1. The third kappa shape index (κ3) is 4.60. The molecule has 2 aliphatic rings. The Bertz CT molecular complexity index is 1600. The second-order valence-corrected chi connectivity index (χ2v) is 9.55. The van der Waals surface area contributed by atoms with Crippen molar-refractivity contribution < 1.29 is 24.2 Å². The van der Waals surface area contributed by atoms with Crippen LogP contribution in [0.5, 0.6) is 0 Å². The third-order valence-electron chi connectivity index (χ3n) is 7.15. The molecule has 4 aromatic rings. The molecule has 2 N–H and O–H groups in total. The lowest BCUT2D eigenvalue weighted by Crippen LogP contribution is -2.49. The number of anilines is 1. The number of carbonyl (C=O) groups excluding carboxylic acids is 2. The topological polar surface area (TPSA) is 108 Å². The van der Waals surface area contributed by atoms with Crippen molar-refractivity contribution in [2.75, 3.05) is 18.1 Å². The molecule has 8 heteroatoms. The lowest BCUT2D eigenvalue weighted by atomic mass is 9.98. The molecule has 0 saturated carbocycles. The number of rotatable bonds is 6. The molecule has 40 heavy (non-hydrogen) atoms. The van der Waals surface area contributed by atoms with E-state index in [0.29, 0.717) is 17.0 Å². The van der Waals surface area contributed by atoms with Gasteiger partial charge in [0.05, 0.1) is 11.4 Å². The van der Waals surface area contributed by atoms with Gasteiger partial charge in [0.2, 0.25) is 6.17 Å². The first-order valence-corrected chi connectivity index (χ1v) is 12.9. The van der Waals surface area contributed by atoms with Crippen molar-refractivity contribution >= 4 is 29.4 Å². The van der Waals surface area contributed by atoms with Gasteiger partial charge in [-0.1, -0.05) is 97.1 Å². The van der Waals surface area contributed by atoms with Crippen LogP contribution in [-0.4, -0.2) is 48.1 Å². The lowest BCUT2D eigenvalue weighted by Gasteiger charge is -2.23. The number of ether oxygens (including phenoxy) is 1. The van der Waals surface area contributed by atoms with E-state index in [9.17, 15) is 19.5 Å². The number of aliphatic imine (C=N–C) groups is 1. The van der Waals surface area contributed by atoms with E-state index in [1.165, 1.54) is 0 Å². The SMILES string of the molecule is O=C(O)CN1C(=O)[C@H](NC(=O)OCC2c3ccccc3-c3ccccc32)N=C(c2ccccc2)c2ccccc21. The number of benzodiazepines with no additional fused rings is 1. The quantitative estimate of drug-likeness (QED) is 0.371. The van der Waals surface area contributed by atoms with E-state index in [-0.39, 0.29) is 12.5 Å². The summed E-state index contributed by atoms with van der Waals surface area (Å²) in [4.78, 5) is 44.2. The summed E-state index contributed by atoms with van der Waals surface area (Å²) < 4.78 is 5.66. The summed E-state index contributed by atoms with van der Waals surface area (Å²) in [6.45, 7) is -0.522. The molecule has 0 unspecified atom stereocenters. The predicted octanol–water partition coefficient (Wildman–Crippen LogP) is 4.82. The number of nitrogens with one attached hydrogen (secondary N) is 1. The number of hydrogen-bond acceptors (Lipinski definition) is 5. The number of carboxylic acids is 1. The van der Waals surface area contributed by atoms with Crippen LogP contribution in [0.25, 0.3) is 11.1 Å². The Balaban J connectivity index is 1.29. The molecule has 0 spiro atoms. The van der Waals surface area contributed by atoms with Gasteiger partial charge in [0, 0.05) is 17.0 Å². The number of benzene rings is 4. The van der Waals surface area contributed by atoms with E-state index in [1.54, 1.807) is 24.3 Å². The fraction of sp³-hybridized carbons (Fsp3) is 0.125. The summed E-state index contributed by atoms with van der Waals surface area (Å²) >= 11 is 0. The van der Waals surface area contributed by atoms with Crippen LogP contribution in [0.2, 0.25) is 0 Å². The molecule has 4 aromatic carbocycles. The number of carboxylic acid groups (broad SMARTS) is 1. The van der Waals surface area contributed by atoms with Crippen molar-refractivity contribution in [1.29, 1.82) is 0 Å². The highest BCUT2D eigenvalue weighted by molar-refractivity contribution is 6.20. The average molecular weight is 532 g/mol. The van der Waals surface area contributed by atoms with E-state index in [0.717, 1.165) is 32.7 Å². The predicted molar refractivity (Wildman–Crippen MR) is 151 cm³/mol. The van der Waals surface area contributed by atoms with Gasteiger partial charge in [0.25, 0.3) is 5.91 Å².